The van der Waals surface area contributed by atoms with Crippen LogP contribution in [0.4, 0.5) is 0 Å². The minimum absolute atomic E-state index is 0.137. The summed E-state index contributed by atoms with van der Waals surface area (Å²) in [6.45, 7) is 7.33. The van der Waals surface area contributed by atoms with Crippen LogP contribution in [-0.4, -0.2) is 64.0 Å². The summed E-state index contributed by atoms with van der Waals surface area (Å²) in [4.78, 5) is 61.3. The van der Waals surface area contributed by atoms with Gasteiger partial charge in [-0.05, 0) is 23.8 Å². The highest BCUT2D eigenvalue weighted by Crippen LogP contribution is 2.11. The van der Waals surface area contributed by atoms with Gasteiger partial charge in [0.25, 0.3) is 0 Å². The largest absolute Gasteiger partial charge is 0.481 e. The number of nitrogens with two attached hydrogens (primary N) is 1. The van der Waals surface area contributed by atoms with Crippen molar-refractivity contribution < 1.29 is 34.2 Å². The van der Waals surface area contributed by atoms with Gasteiger partial charge in [-0.15, -0.1) is 0 Å². The summed E-state index contributed by atoms with van der Waals surface area (Å²) in [7, 11) is 0. The van der Waals surface area contributed by atoms with Crippen molar-refractivity contribution in [2.24, 2.45) is 17.6 Å². The number of hydrogen-bond donors (Lipinski definition) is 6. The topological polar surface area (TPSA) is 188 Å². The molecule has 11 heteroatoms. The summed E-state index contributed by atoms with van der Waals surface area (Å²) in [6.07, 6.45) is 0.203. The predicted molar refractivity (Wildman–Crippen MR) is 133 cm³/mol. The standard InChI is InChI=1S/C25H38N4O7/c1-5-15(4)21(24(34)28-19(25(35)36)13-20(30)31)29-23(33)18(12-16-9-7-6-8-10-16)27-22(32)17(26)11-14(2)3/h6-10,14-15,17-19,21H,5,11-13,26H2,1-4H3,(H,27,32)(H,28,34)(H,29,33)(H,30,31)(H,35,36). The maximum Gasteiger partial charge on any atom is 0.326 e. The van der Waals surface area contributed by atoms with Gasteiger partial charge >= 0.3 is 11.9 Å². The molecular weight excluding hydrogens is 468 g/mol. The van der Waals surface area contributed by atoms with Crippen molar-refractivity contribution in [1.29, 1.82) is 0 Å². The number of carboxylic acids is 2. The van der Waals surface area contributed by atoms with E-state index in [0.29, 0.717) is 12.8 Å². The smallest absolute Gasteiger partial charge is 0.326 e. The van der Waals surface area contributed by atoms with E-state index in [2.05, 4.69) is 16.0 Å². The molecule has 1 rings (SSSR count). The Morgan fingerprint density at radius 3 is 1.94 bits per heavy atom. The van der Waals surface area contributed by atoms with Gasteiger partial charge in [0.05, 0.1) is 12.5 Å². The number of carbonyl (C=O) groups is 5. The SMILES string of the molecule is CCC(C)C(NC(=O)C(Cc1ccccc1)NC(=O)C(N)CC(C)C)C(=O)NC(CC(=O)O)C(=O)O. The van der Waals surface area contributed by atoms with Gasteiger partial charge in [0.1, 0.15) is 18.1 Å². The van der Waals surface area contributed by atoms with Crippen molar-refractivity contribution in [2.45, 2.75) is 77.5 Å². The van der Waals surface area contributed by atoms with Crippen LogP contribution in [0.25, 0.3) is 0 Å². The van der Waals surface area contributed by atoms with E-state index in [1.807, 2.05) is 19.9 Å². The summed E-state index contributed by atoms with van der Waals surface area (Å²) in [6, 6.07) is 4.30. The van der Waals surface area contributed by atoms with E-state index in [4.69, 9.17) is 10.8 Å². The van der Waals surface area contributed by atoms with Crippen LogP contribution in [0.5, 0.6) is 0 Å². The van der Waals surface area contributed by atoms with Crippen LogP contribution < -0.4 is 21.7 Å². The van der Waals surface area contributed by atoms with Crippen molar-refractivity contribution in [3.63, 3.8) is 0 Å². The van der Waals surface area contributed by atoms with E-state index in [1.165, 1.54) is 0 Å². The van der Waals surface area contributed by atoms with Crippen molar-refractivity contribution in [1.82, 2.24) is 16.0 Å². The molecule has 0 aliphatic heterocycles. The molecule has 5 unspecified atom stereocenters. The fraction of sp³-hybridized carbons (Fsp3) is 0.560. The second-order valence-corrected chi connectivity index (χ2v) is 9.36. The van der Waals surface area contributed by atoms with Crippen LogP contribution >= 0.6 is 0 Å². The molecule has 0 fully saturated rings. The number of carbonyl (C=O) groups excluding carboxylic acids is 3. The Morgan fingerprint density at radius 2 is 1.44 bits per heavy atom. The van der Waals surface area contributed by atoms with Gasteiger partial charge in [0, 0.05) is 6.42 Å². The zero-order valence-electron chi connectivity index (χ0n) is 21.2. The average molecular weight is 507 g/mol. The van der Waals surface area contributed by atoms with Crippen LogP contribution in [0.15, 0.2) is 30.3 Å². The molecule has 1 aromatic rings. The van der Waals surface area contributed by atoms with Gasteiger partial charge in [-0.25, -0.2) is 4.79 Å². The normalized spacial score (nSPS) is 15.2. The third-order valence-corrected chi connectivity index (χ3v) is 5.76. The van der Waals surface area contributed by atoms with Gasteiger partial charge < -0.3 is 31.9 Å². The van der Waals surface area contributed by atoms with Crippen LogP contribution in [0.2, 0.25) is 0 Å². The lowest BCUT2D eigenvalue weighted by molar-refractivity contribution is -0.147. The molecule has 0 aromatic heterocycles. The summed E-state index contributed by atoms with van der Waals surface area (Å²) in [5, 5.41) is 25.7. The van der Waals surface area contributed by atoms with E-state index in [9.17, 15) is 29.1 Å². The summed E-state index contributed by atoms with van der Waals surface area (Å²) >= 11 is 0. The number of aliphatic carboxylic acids is 2. The molecule has 0 radical (unpaired) electrons. The number of amides is 3. The molecule has 200 valence electrons. The molecule has 7 N–H and O–H groups in total. The molecule has 0 saturated carbocycles. The first kappa shape index (κ1) is 30.6. The van der Waals surface area contributed by atoms with E-state index < -0.39 is 66.2 Å². The Morgan fingerprint density at radius 1 is 0.861 bits per heavy atom. The Labute approximate surface area is 211 Å². The molecule has 0 heterocycles. The minimum Gasteiger partial charge on any atom is -0.481 e. The summed E-state index contributed by atoms with van der Waals surface area (Å²) < 4.78 is 0. The number of benzene rings is 1. The Balaban J connectivity index is 3.13. The molecule has 0 saturated heterocycles. The zero-order chi connectivity index (χ0) is 27.4. The van der Waals surface area contributed by atoms with Gasteiger partial charge in [-0.2, -0.15) is 0 Å². The first-order valence-corrected chi connectivity index (χ1v) is 12.0. The first-order chi connectivity index (χ1) is 16.8. The number of hydrogen-bond acceptors (Lipinski definition) is 6. The molecule has 5 atom stereocenters. The predicted octanol–water partition coefficient (Wildman–Crippen LogP) is 0.662. The summed E-state index contributed by atoms with van der Waals surface area (Å²) in [5.74, 6) is -5.12. The minimum atomic E-state index is -1.66. The molecule has 11 nitrogen and oxygen atoms in total. The van der Waals surface area contributed by atoms with Crippen LogP contribution in [0.1, 0.15) is 52.5 Å². The van der Waals surface area contributed by atoms with E-state index in [1.54, 1.807) is 38.1 Å². The highest BCUT2D eigenvalue weighted by molar-refractivity contribution is 5.94. The van der Waals surface area contributed by atoms with Crippen LogP contribution in [-0.2, 0) is 30.4 Å². The molecule has 3 amide bonds. The molecule has 36 heavy (non-hydrogen) atoms. The quantitative estimate of drug-likeness (QED) is 0.200. The highest BCUT2D eigenvalue weighted by atomic mass is 16.4. The van der Waals surface area contributed by atoms with E-state index in [0.717, 1.165) is 5.56 Å². The van der Waals surface area contributed by atoms with Crippen molar-refractivity contribution in [3.05, 3.63) is 35.9 Å². The fourth-order valence-corrected chi connectivity index (χ4v) is 3.54. The third-order valence-electron chi connectivity index (χ3n) is 5.76. The van der Waals surface area contributed by atoms with Gasteiger partial charge in [0.15, 0.2) is 0 Å². The maximum absolute atomic E-state index is 13.3. The molecular formula is C25H38N4O7. The summed E-state index contributed by atoms with van der Waals surface area (Å²) in [5.41, 5.74) is 6.76. The van der Waals surface area contributed by atoms with Gasteiger partial charge in [0.2, 0.25) is 17.7 Å². The molecule has 0 spiro atoms. The van der Waals surface area contributed by atoms with E-state index >= 15 is 0 Å². The van der Waals surface area contributed by atoms with Gasteiger partial charge in [-0.3, -0.25) is 19.2 Å². The van der Waals surface area contributed by atoms with E-state index in [-0.39, 0.29) is 12.3 Å². The monoisotopic (exact) mass is 506 g/mol. The Kier molecular flexibility index (Phi) is 12.6. The molecule has 0 bridgehead atoms. The second kappa shape index (κ2) is 14.8. The zero-order valence-corrected chi connectivity index (χ0v) is 21.2. The van der Waals surface area contributed by atoms with Crippen molar-refractivity contribution >= 4 is 29.7 Å². The average Bonchev–Trinajstić information content (AvgIpc) is 2.80. The van der Waals surface area contributed by atoms with Crippen molar-refractivity contribution in [3.8, 4) is 0 Å². The lowest BCUT2D eigenvalue weighted by Gasteiger charge is -2.28. The maximum atomic E-state index is 13.3. The molecule has 0 aliphatic carbocycles. The fourth-order valence-electron chi connectivity index (χ4n) is 3.54. The number of nitrogens with one attached hydrogen (secondary N) is 3. The van der Waals surface area contributed by atoms with Crippen LogP contribution in [0, 0.1) is 11.8 Å². The molecule has 0 aliphatic rings. The van der Waals surface area contributed by atoms with Gasteiger partial charge in [-0.1, -0.05) is 64.4 Å². The van der Waals surface area contributed by atoms with Crippen LogP contribution in [0.3, 0.4) is 0 Å². The first-order valence-electron chi connectivity index (χ1n) is 12.0. The lowest BCUT2D eigenvalue weighted by atomic mass is 9.96. The Bertz CT molecular complexity index is 907. The third kappa shape index (κ3) is 10.4. The highest BCUT2D eigenvalue weighted by Gasteiger charge is 2.33. The second-order valence-electron chi connectivity index (χ2n) is 9.36. The number of carboxylic acid groups (broad SMARTS) is 2. The number of rotatable bonds is 15. The Hall–Kier alpha value is -3.47. The van der Waals surface area contributed by atoms with Crippen molar-refractivity contribution in [2.75, 3.05) is 0 Å². The lowest BCUT2D eigenvalue weighted by Crippen LogP contribution is -2.59. The molecule has 1 aromatic carbocycles.